The monoisotopic (exact) mass is 394 g/mol. The maximum Gasteiger partial charge on any atom is 0.320 e. The standard InChI is InChI=1S/C22H26N4O3/c1-28-19-11-9-17(14-20(19)29-2)12-13-26(22(23)27)21-15-18(24-25-21)10-8-16-6-4-3-5-7-16/h3-7,9,11,14-15H,8,10,12-13H2,1-2H3,(H2,23,27)(H,24,25). The summed E-state index contributed by atoms with van der Waals surface area (Å²) >= 11 is 0. The summed E-state index contributed by atoms with van der Waals surface area (Å²) < 4.78 is 10.6. The van der Waals surface area contributed by atoms with Gasteiger partial charge in [0.2, 0.25) is 0 Å². The van der Waals surface area contributed by atoms with Crippen molar-refractivity contribution in [3.63, 3.8) is 0 Å². The number of ether oxygens (including phenoxy) is 2. The molecule has 29 heavy (non-hydrogen) atoms. The number of benzene rings is 2. The van der Waals surface area contributed by atoms with E-state index in [1.807, 2.05) is 42.5 Å². The van der Waals surface area contributed by atoms with Crippen molar-refractivity contribution in [1.29, 1.82) is 0 Å². The van der Waals surface area contributed by atoms with Gasteiger partial charge in [0.05, 0.1) is 19.9 Å². The maximum absolute atomic E-state index is 12.0. The molecule has 2 aromatic carbocycles. The van der Waals surface area contributed by atoms with Crippen molar-refractivity contribution in [2.75, 3.05) is 25.7 Å². The molecule has 3 aromatic rings. The number of H-pyrrole nitrogens is 1. The van der Waals surface area contributed by atoms with Crippen LogP contribution in [0.2, 0.25) is 0 Å². The quantitative estimate of drug-likeness (QED) is 0.582. The lowest BCUT2D eigenvalue weighted by Crippen LogP contribution is -2.37. The second kappa shape index (κ2) is 9.64. The topological polar surface area (TPSA) is 93.5 Å². The minimum atomic E-state index is -0.524. The Kier molecular flexibility index (Phi) is 6.73. The molecule has 0 spiro atoms. The average Bonchev–Trinajstić information content (AvgIpc) is 3.21. The number of amides is 2. The number of aryl methyl sites for hydroxylation is 2. The number of carbonyl (C=O) groups is 1. The van der Waals surface area contributed by atoms with Gasteiger partial charge in [-0.2, -0.15) is 5.10 Å². The van der Waals surface area contributed by atoms with Crippen molar-refractivity contribution in [2.24, 2.45) is 5.73 Å². The minimum Gasteiger partial charge on any atom is -0.493 e. The van der Waals surface area contributed by atoms with E-state index in [9.17, 15) is 4.79 Å². The molecule has 1 aromatic heterocycles. The molecule has 3 N–H and O–H groups in total. The van der Waals surface area contributed by atoms with E-state index in [4.69, 9.17) is 15.2 Å². The molecule has 1 heterocycles. The third-order valence-corrected chi connectivity index (χ3v) is 4.76. The van der Waals surface area contributed by atoms with E-state index in [1.54, 1.807) is 14.2 Å². The Morgan fingerprint density at radius 3 is 2.41 bits per heavy atom. The number of aromatic nitrogens is 2. The van der Waals surface area contributed by atoms with Crippen LogP contribution in [0.4, 0.5) is 10.6 Å². The van der Waals surface area contributed by atoms with E-state index in [1.165, 1.54) is 10.5 Å². The lowest BCUT2D eigenvalue weighted by Gasteiger charge is -2.18. The van der Waals surface area contributed by atoms with Crippen LogP contribution in [0.15, 0.2) is 54.6 Å². The molecule has 0 bridgehead atoms. The van der Waals surface area contributed by atoms with Crippen molar-refractivity contribution in [3.05, 3.63) is 71.4 Å². The normalized spacial score (nSPS) is 10.6. The molecule has 0 aliphatic heterocycles. The summed E-state index contributed by atoms with van der Waals surface area (Å²) in [6, 6.07) is 17.3. The zero-order valence-corrected chi connectivity index (χ0v) is 16.7. The predicted octanol–water partition coefficient (Wildman–Crippen LogP) is 3.34. The number of urea groups is 1. The number of carbonyl (C=O) groups excluding carboxylic acids is 1. The largest absolute Gasteiger partial charge is 0.493 e. The summed E-state index contributed by atoms with van der Waals surface area (Å²) in [7, 11) is 3.19. The van der Waals surface area contributed by atoms with Crippen LogP contribution in [-0.2, 0) is 19.3 Å². The van der Waals surface area contributed by atoms with Gasteiger partial charge in [0.25, 0.3) is 0 Å². The van der Waals surface area contributed by atoms with Gasteiger partial charge >= 0.3 is 6.03 Å². The molecule has 7 heteroatoms. The molecular weight excluding hydrogens is 368 g/mol. The van der Waals surface area contributed by atoms with E-state index in [0.717, 1.165) is 24.1 Å². The Bertz CT molecular complexity index is 940. The molecule has 0 radical (unpaired) electrons. The third-order valence-electron chi connectivity index (χ3n) is 4.76. The van der Waals surface area contributed by atoms with Gasteiger partial charge in [-0.3, -0.25) is 10.00 Å². The molecule has 0 aliphatic rings. The maximum atomic E-state index is 12.0. The van der Waals surface area contributed by atoms with Crippen molar-refractivity contribution in [3.8, 4) is 11.5 Å². The van der Waals surface area contributed by atoms with Crippen LogP contribution >= 0.6 is 0 Å². The fourth-order valence-electron chi connectivity index (χ4n) is 3.16. The molecule has 7 nitrogen and oxygen atoms in total. The highest BCUT2D eigenvalue weighted by molar-refractivity contribution is 5.89. The third kappa shape index (κ3) is 5.28. The SMILES string of the molecule is COc1ccc(CCN(C(N)=O)c2cc(CCc3ccccc3)n[nH]2)cc1OC. The number of anilines is 1. The van der Waals surface area contributed by atoms with Crippen molar-refractivity contribution < 1.29 is 14.3 Å². The first-order valence-electron chi connectivity index (χ1n) is 9.46. The lowest BCUT2D eigenvalue weighted by atomic mass is 10.1. The number of primary amides is 1. The number of methoxy groups -OCH3 is 2. The summed E-state index contributed by atoms with van der Waals surface area (Å²) in [6.07, 6.45) is 2.28. The van der Waals surface area contributed by atoms with Gasteiger partial charge in [0, 0.05) is 12.6 Å². The number of nitrogens with one attached hydrogen (secondary N) is 1. The molecule has 0 saturated heterocycles. The highest BCUT2D eigenvalue weighted by Crippen LogP contribution is 2.28. The Balaban J connectivity index is 1.64. The van der Waals surface area contributed by atoms with E-state index in [2.05, 4.69) is 22.3 Å². The molecule has 0 unspecified atom stereocenters. The highest BCUT2D eigenvalue weighted by atomic mass is 16.5. The van der Waals surface area contributed by atoms with Gasteiger partial charge in [-0.25, -0.2) is 4.79 Å². The van der Waals surface area contributed by atoms with Crippen LogP contribution in [0.25, 0.3) is 0 Å². The zero-order chi connectivity index (χ0) is 20.6. The van der Waals surface area contributed by atoms with Crippen LogP contribution in [0.3, 0.4) is 0 Å². The molecule has 3 rings (SSSR count). The van der Waals surface area contributed by atoms with Gasteiger partial charge < -0.3 is 15.2 Å². The Hall–Kier alpha value is -3.48. The summed E-state index contributed by atoms with van der Waals surface area (Å²) in [5.41, 5.74) is 8.75. The molecule has 0 saturated carbocycles. The number of hydrogen-bond donors (Lipinski definition) is 2. The van der Waals surface area contributed by atoms with E-state index >= 15 is 0 Å². The van der Waals surface area contributed by atoms with Gasteiger partial charge in [-0.05, 0) is 42.5 Å². The highest BCUT2D eigenvalue weighted by Gasteiger charge is 2.16. The average molecular weight is 394 g/mol. The zero-order valence-electron chi connectivity index (χ0n) is 16.7. The second-order valence-corrected chi connectivity index (χ2v) is 6.66. The van der Waals surface area contributed by atoms with Gasteiger partial charge in [-0.15, -0.1) is 0 Å². The fourth-order valence-corrected chi connectivity index (χ4v) is 3.16. The molecule has 0 aliphatic carbocycles. The number of rotatable bonds is 9. The number of nitrogens with zero attached hydrogens (tertiary/aromatic N) is 2. The van der Waals surface area contributed by atoms with E-state index in [-0.39, 0.29) is 0 Å². The molecule has 0 atom stereocenters. The van der Waals surface area contributed by atoms with Crippen molar-refractivity contribution >= 4 is 11.8 Å². The van der Waals surface area contributed by atoms with Crippen LogP contribution in [0.1, 0.15) is 16.8 Å². The first-order chi connectivity index (χ1) is 14.1. The number of nitrogens with two attached hydrogens (primary N) is 1. The smallest absolute Gasteiger partial charge is 0.320 e. The summed E-state index contributed by atoms with van der Waals surface area (Å²) in [4.78, 5) is 13.5. The number of aromatic amines is 1. The minimum absolute atomic E-state index is 0.422. The second-order valence-electron chi connectivity index (χ2n) is 6.66. The Labute approximate surface area is 170 Å². The van der Waals surface area contributed by atoms with E-state index < -0.39 is 6.03 Å². The van der Waals surface area contributed by atoms with Crippen LogP contribution in [0, 0.1) is 0 Å². The van der Waals surface area contributed by atoms with Gasteiger partial charge in [0.1, 0.15) is 5.82 Å². The van der Waals surface area contributed by atoms with Crippen LogP contribution in [0.5, 0.6) is 11.5 Å². The molecule has 0 fully saturated rings. The Morgan fingerprint density at radius 1 is 0.966 bits per heavy atom. The number of hydrogen-bond acceptors (Lipinski definition) is 4. The van der Waals surface area contributed by atoms with Crippen LogP contribution in [-0.4, -0.2) is 37.0 Å². The predicted molar refractivity (Wildman–Crippen MR) is 113 cm³/mol. The van der Waals surface area contributed by atoms with Crippen molar-refractivity contribution in [2.45, 2.75) is 19.3 Å². The van der Waals surface area contributed by atoms with E-state index in [0.29, 0.717) is 30.3 Å². The lowest BCUT2D eigenvalue weighted by molar-refractivity contribution is 0.254. The summed E-state index contributed by atoms with van der Waals surface area (Å²) in [5.74, 6) is 1.92. The fraction of sp³-hybridized carbons (Fsp3) is 0.273. The molecule has 2 amide bonds. The molecule has 152 valence electrons. The van der Waals surface area contributed by atoms with Crippen molar-refractivity contribution in [1.82, 2.24) is 10.2 Å². The summed E-state index contributed by atoms with van der Waals surface area (Å²) in [5, 5.41) is 7.26. The summed E-state index contributed by atoms with van der Waals surface area (Å²) in [6.45, 7) is 0.422. The molecular formula is C22H26N4O3. The van der Waals surface area contributed by atoms with Gasteiger partial charge in [-0.1, -0.05) is 36.4 Å². The first kappa shape index (κ1) is 20.3. The van der Waals surface area contributed by atoms with Gasteiger partial charge in [0.15, 0.2) is 11.5 Å². The Morgan fingerprint density at radius 2 is 1.72 bits per heavy atom. The first-order valence-corrected chi connectivity index (χ1v) is 9.46. The van der Waals surface area contributed by atoms with Crippen LogP contribution < -0.4 is 20.1 Å².